The number of carbonyl (C=O) groups is 1. The van der Waals surface area contributed by atoms with Crippen LogP contribution in [0.25, 0.3) is 0 Å². The normalized spacial score (nSPS) is 23.2. The monoisotopic (exact) mass is 410 g/mol. The third-order valence-electron chi connectivity index (χ3n) is 6.94. The smallest absolute Gasteiger partial charge is 0.248 e. The maximum absolute atomic E-state index is 13.0. The minimum Gasteiger partial charge on any atom is -0.381 e. The molecular formula is C23H30N4O3. The van der Waals surface area contributed by atoms with Gasteiger partial charge in [0.05, 0.1) is 6.61 Å². The van der Waals surface area contributed by atoms with E-state index < -0.39 is 0 Å². The lowest BCUT2D eigenvalue weighted by Gasteiger charge is -2.37. The SMILES string of the molecule is O=C(COCc1ccccc1)N1CC(c2nncn2CC2CC2)C2(CCOCC2)C1. The van der Waals surface area contributed by atoms with Crippen LogP contribution < -0.4 is 0 Å². The third kappa shape index (κ3) is 4.14. The van der Waals surface area contributed by atoms with Crippen LogP contribution in [0, 0.1) is 11.3 Å². The molecule has 3 heterocycles. The van der Waals surface area contributed by atoms with E-state index in [1.165, 1.54) is 12.8 Å². The predicted molar refractivity (Wildman–Crippen MR) is 111 cm³/mol. The number of rotatable bonds is 7. The molecule has 1 atom stereocenters. The van der Waals surface area contributed by atoms with Gasteiger partial charge in [0.1, 0.15) is 18.8 Å². The fourth-order valence-electron chi connectivity index (χ4n) is 4.97. The van der Waals surface area contributed by atoms with Crippen LogP contribution in [0.1, 0.15) is 43.0 Å². The molecule has 7 nitrogen and oxygen atoms in total. The number of amides is 1. The van der Waals surface area contributed by atoms with Crippen LogP contribution in [0.2, 0.25) is 0 Å². The van der Waals surface area contributed by atoms with Crippen LogP contribution in [0.15, 0.2) is 36.7 Å². The number of ether oxygens (including phenoxy) is 2. The zero-order valence-corrected chi connectivity index (χ0v) is 17.4. The number of carbonyl (C=O) groups excluding carboxylic acids is 1. The largest absolute Gasteiger partial charge is 0.381 e. The van der Waals surface area contributed by atoms with Gasteiger partial charge in [-0.05, 0) is 37.2 Å². The minimum atomic E-state index is 0.0294. The third-order valence-corrected chi connectivity index (χ3v) is 6.94. The first-order chi connectivity index (χ1) is 14.7. The van der Waals surface area contributed by atoms with Crippen molar-refractivity contribution in [1.29, 1.82) is 0 Å². The summed E-state index contributed by atoms with van der Waals surface area (Å²) in [7, 11) is 0. The fourth-order valence-corrected chi connectivity index (χ4v) is 4.97. The van der Waals surface area contributed by atoms with Crippen LogP contribution in [-0.2, 0) is 27.4 Å². The maximum atomic E-state index is 13.0. The molecule has 30 heavy (non-hydrogen) atoms. The van der Waals surface area contributed by atoms with Gasteiger partial charge in [-0.1, -0.05) is 30.3 Å². The number of nitrogens with zero attached hydrogens (tertiary/aromatic N) is 4. The molecule has 0 radical (unpaired) electrons. The Labute approximate surface area is 177 Å². The number of hydrogen-bond acceptors (Lipinski definition) is 5. The average molecular weight is 411 g/mol. The fraction of sp³-hybridized carbons (Fsp3) is 0.609. The molecule has 1 aliphatic carbocycles. The molecule has 2 aromatic rings. The Morgan fingerprint density at radius 1 is 1.20 bits per heavy atom. The second-order valence-corrected chi connectivity index (χ2v) is 9.06. The van der Waals surface area contributed by atoms with E-state index in [1.54, 1.807) is 0 Å². The molecule has 7 heteroatoms. The van der Waals surface area contributed by atoms with E-state index in [2.05, 4.69) is 14.8 Å². The van der Waals surface area contributed by atoms with Crippen LogP contribution in [-0.4, -0.2) is 58.5 Å². The summed E-state index contributed by atoms with van der Waals surface area (Å²) in [4.78, 5) is 15.0. The van der Waals surface area contributed by atoms with Crippen LogP contribution in [0.5, 0.6) is 0 Å². The summed E-state index contributed by atoms with van der Waals surface area (Å²) in [5.74, 6) is 2.08. The lowest BCUT2D eigenvalue weighted by atomic mass is 9.71. The molecule has 1 unspecified atom stereocenters. The van der Waals surface area contributed by atoms with Gasteiger partial charge in [-0.25, -0.2) is 0 Å². The van der Waals surface area contributed by atoms with Crippen molar-refractivity contribution < 1.29 is 14.3 Å². The first kappa shape index (κ1) is 19.7. The number of aromatic nitrogens is 3. The van der Waals surface area contributed by atoms with Crippen molar-refractivity contribution in [3.63, 3.8) is 0 Å². The Balaban J connectivity index is 1.28. The average Bonchev–Trinajstić information content (AvgIpc) is 3.36. The van der Waals surface area contributed by atoms with Crippen LogP contribution in [0.3, 0.4) is 0 Å². The first-order valence-corrected chi connectivity index (χ1v) is 11.1. The van der Waals surface area contributed by atoms with Crippen molar-refractivity contribution in [3.05, 3.63) is 48.0 Å². The summed E-state index contributed by atoms with van der Waals surface area (Å²) >= 11 is 0. The molecule has 1 spiro atoms. The zero-order chi connectivity index (χ0) is 20.4. The van der Waals surface area contributed by atoms with Crippen molar-refractivity contribution in [1.82, 2.24) is 19.7 Å². The summed E-state index contributed by atoms with van der Waals surface area (Å²) in [5.41, 5.74) is 1.11. The quantitative estimate of drug-likeness (QED) is 0.702. The summed E-state index contributed by atoms with van der Waals surface area (Å²) in [5, 5.41) is 8.76. The van der Waals surface area contributed by atoms with Crippen molar-refractivity contribution >= 4 is 5.91 Å². The molecular weight excluding hydrogens is 380 g/mol. The minimum absolute atomic E-state index is 0.0294. The van der Waals surface area contributed by atoms with E-state index in [9.17, 15) is 4.79 Å². The summed E-state index contributed by atoms with van der Waals surface area (Å²) in [6, 6.07) is 9.98. The second kappa shape index (κ2) is 8.47. The lowest BCUT2D eigenvalue weighted by molar-refractivity contribution is -0.136. The molecule has 1 aromatic carbocycles. The van der Waals surface area contributed by atoms with Crippen molar-refractivity contribution in [2.24, 2.45) is 11.3 Å². The van der Waals surface area contributed by atoms with Gasteiger partial charge in [-0.2, -0.15) is 0 Å². The van der Waals surface area contributed by atoms with Gasteiger partial charge in [0.15, 0.2) is 0 Å². The Morgan fingerprint density at radius 2 is 2.00 bits per heavy atom. The van der Waals surface area contributed by atoms with E-state index in [4.69, 9.17) is 9.47 Å². The number of hydrogen-bond donors (Lipinski definition) is 0. The van der Waals surface area contributed by atoms with E-state index in [0.717, 1.165) is 56.5 Å². The highest BCUT2D eigenvalue weighted by molar-refractivity contribution is 5.78. The van der Waals surface area contributed by atoms with Crippen molar-refractivity contribution in [2.75, 3.05) is 32.9 Å². The number of benzene rings is 1. The standard InChI is InChI=1S/C23H30N4O3/c28-21(15-30-14-19-4-2-1-3-5-19)26-13-20(23(16-26)8-10-29-11-9-23)22-25-24-17-27(22)12-18-6-7-18/h1-5,17-18,20H,6-16H2. The van der Waals surface area contributed by atoms with Gasteiger partial charge in [0.25, 0.3) is 0 Å². The molecule has 1 aromatic heterocycles. The predicted octanol–water partition coefficient (Wildman–Crippen LogP) is 2.63. The van der Waals surface area contributed by atoms with E-state index in [1.807, 2.05) is 41.6 Å². The van der Waals surface area contributed by atoms with Gasteiger partial charge in [-0.15, -0.1) is 10.2 Å². The maximum Gasteiger partial charge on any atom is 0.248 e. The molecule has 1 amide bonds. The molecule has 1 saturated carbocycles. The van der Waals surface area contributed by atoms with Crippen LogP contribution in [0.4, 0.5) is 0 Å². The Hall–Kier alpha value is -2.25. The molecule has 2 aliphatic heterocycles. The van der Waals surface area contributed by atoms with Gasteiger partial charge >= 0.3 is 0 Å². The highest BCUT2D eigenvalue weighted by Gasteiger charge is 2.51. The molecule has 2 saturated heterocycles. The van der Waals surface area contributed by atoms with Gasteiger partial charge in [-0.3, -0.25) is 4.79 Å². The van der Waals surface area contributed by atoms with Crippen LogP contribution >= 0.6 is 0 Å². The molecule has 3 aliphatic rings. The Morgan fingerprint density at radius 3 is 2.77 bits per heavy atom. The lowest BCUT2D eigenvalue weighted by Crippen LogP contribution is -2.38. The summed E-state index contributed by atoms with van der Waals surface area (Å²) in [6.07, 6.45) is 6.38. The Bertz CT molecular complexity index is 858. The topological polar surface area (TPSA) is 69.5 Å². The summed E-state index contributed by atoms with van der Waals surface area (Å²) < 4.78 is 13.6. The highest BCUT2D eigenvalue weighted by Crippen LogP contribution is 2.49. The molecule has 3 fully saturated rings. The van der Waals surface area contributed by atoms with Crippen molar-refractivity contribution in [2.45, 2.75) is 44.8 Å². The number of likely N-dealkylation sites (tertiary alicyclic amines) is 1. The molecule has 160 valence electrons. The second-order valence-electron chi connectivity index (χ2n) is 9.06. The molecule has 0 bridgehead atoms. The van der Waals surface area contributed by atoms with Gasteiger partial charge in [0.2, 0.25) is 5.91 Å². The molecule has 0 N–H and O–H groups in total. The summed E-state index contributed by atoms with van der Waals surface area (Å²) in [6.45, 7) is 4.52. The highest BCUT2D eigenvalue weighted by atomic mass is 16.5. The molecule has 5 rings (SSSR count). The van der Waals surface area contributed by atoms with E-state index in [0.29, 0.717) is 13.2 Å². The van der Waals surface area contributed by atoms with E-state index in [-0.39, 0.29) is 23.8 Å². The van der Waals surface area contributed by atoms with Crippen molar-refractivity contribution in [3.8, 4) is 0 Å². The Kier molecular flexibility index (Phi) is 5.56. The first-order valence-electron chi connectivity index (χ1n) is 11.1. The van der Waals surface area contributed by atoms with Gasteiger partial charge in [0, 0.05) is 44.2 Å². The zero-order valence-electron chi connectivity index (χ0n) is 17.4. The van der Waals surface area contributed by atoms with E-state index >= 15 is 0 Å². The van der Waals surface area contributed by atoms with Gasteiger partial charge < -0.3 is 18.9 Å².